The molecule has 1 aliphatic rings. The molecule has 1 atom stereocenters. The van der Waals surface area contributed by atoms with Crippen molar-refractivity contribution in [2.75, 3.05) is 13.2 Å². The van der Waals surface area contributed by atoms with Gasteiger partial charge in [0.15, 0.2) is 0 Å². The Morgan fingerprint density at radius 3 is 2.65 bits per heavy atom. The highest BCUT2D eigenvalue weighted by Crippen LogP contribution is 2.36. The van der Waals surface area contributed by atoms with Gasteiger partial charge in [0.1, 0.15) is 23.4 Å². The molecule has 1 amide bonds. The van der Waals surface area contributed by atoms with Crippen LogP contribution in [0.4, 0.5) is 13.2 Å². The molecule has 0 unspecified atom stereocenters. The summed E-state index contributed by atoms with van der Waals surface area (Å²) in [5.74, 6) is -0.454. The summed E-state index contributed by atoms with van der Waals surface area (Å²) in [6.07, 6.45) is -4.46. The molecule has 2 N–H and O–H groups in total. The number of halogens is 3. The lowest BCUT2D eigenvalue weighted by atomic mass is 9.96. The lowest BCUT2D eigenvalue weighted by Crippen LogP contribution is -2.60. The molecule has 3 aromatic rings. The standard InChI is InChI=1S/C22H22F3N3O6S3/c1-21(2)19(20(29)27-30)28(9-10-34-21)36-37(31,32)15-6-4-14(5-7-15)33-12-18-26-16-11-13(22(23,24)25)3-8-17(16)35-18/h3-8,11,19,30H,9-10,12H2,1-2H3,(H,27,29)/t19-/m1/s1. The number of ether oxygens (including phenoxy) is 2. The number of benzene rings is 2. The molecule has 2 aromatic carbocycles. The third-order valence-electron chi connectivity index (χ3n) is 5.52. The average Bonchev–Trinajstić information content (AvgIpc) is 3.24. The number of carbonyl (C=O) groups excluding carboxylic acids is 1. The molecule has 0 bridgehead atoms. The van der Waals surface area contributed by atoms with Crippen LogP contribution >= 0.6 is 22.3 Å². The zero-order valence-corrected chi connectivity index (χ0v) is 21.9. The van der Waals surface area contributed by atoms with Crippen molar-refractivity contribution >= 4 is 47.3 Å². The number of amides is 1. The van der Waals surface area contributed by atoms with Crippen LogP contribution in [0.15, 0.2) is 47.4 Å². The van der Waals surface area contributed by atoms with Crippen molar-refractivity contribution in [1.29, 1.82) is 0 Å². The smallest absolute Gasteiger partial charge is 0.416 e. The van der Waals surface area contributed by atoms with Crippen molar-refractivity contribution in [3.05, 3.63) is 53.0 Å². The van der Waals surface area contributed by atoms with Crippen LogP contribution < -0.4 is 10.2 Å². The number of thiazole rings is 1. The van der Waals surface area contributed by atoms with Crippen molar-refractivity contribution < 1.29 is 41.1 Å². The van der Waals surface area contributed by atoms with Crippen molar-refractivity contribution in [2.45, 2.75) is 43.2 Å². The van der Waals surface area contributed by atoms with Gasteiger partial charge in [-0.1, -0.05) is 0 Å². The predicted molar refractivity (Wildman–Crippen MR) is 131 cm³/mol. The summed E-state index contributed by atoms with van der Waals surface area (Å²) in [7, 11) is -3.46. The van der Waals surface area contributed by atoms with Crippen LogP contribution in [-0.4, -0.2) is 53.6 Å². The minimum absolute atomic E-state index is 0.0116. The average molecular weight is 578 g/mol. The summed E-state index contributed by atoms with van der Waals surface area (Å²) in [5.41, 5.74) is -0.0448. The monoisotopic (exact) mass is 577 g/mol. The maximum Gasteiger partial charge on any atom is 0.416 e. The van der Waals surface area contributed by atoms with E-state index in [1.54, 1.807) is 19.3 Å². The van der Waals surface area contributed by atoms with E-state index in [9.17, 15) is 26.4 Å². The van der Waals surface area contributed by atoms with Crippen LogP contribution in [0.2, 0.25) is 0 Å². The van der Waals surface area contributed by atoms with Crippen LogP contribution in [0.1, 0.15) is 24.4 Å². The second-order valence-electron chi connectivity index (χ2n) is 8.55. The van der Waals surface area contributed by atoms with Gasteiger partial charge in [-0.05, 0) is 56.3 Å². The Labute approximate surface area is 218 Å². The molecule has 0 aliphatic carbocycles. The van der Waals surface area contributed by atoms with Gasteiger partial charge in [-0.2, -0.15) is 13.2 Å². The molecule has 2 heterocycles. The number of carbonyl (C=O) groups is 1. The Balaban J connectivity index is 1.43. The summed E-state index contributed by atoms with van der Waals surface area (Å²) in [6.45, 7) is 3.57. The number of fused-ring (bicyclic) bond motifs is 1. The number of aromatic nitrogens is 1. The van der Waals surface area contributed by atoms with Gasteiger partial charge >= 0.3 is 6.18 Å². The Kier molecular flexibility index (Phi) is 7.74. The molecule has 1 saturated heterocycles. The quantitative estimate of drug-likeness (QED) is 0.184. The van der Waals surface area contributed by atoms with Crippen LogP contribution in [-0.2, 0) is 31.2 Å². The number of morpholine rings is 1. The highest BCUT2D eigenvalue weighted by Gasteiger charge is 2.46. The van der Waals surface area contributed by atoms with E-state index < -0.39 is 38.2 Å². The van der Waals surface area contributed by atoms with Gasteiger partial charge in [-0.3, -0.25) is 10.0 Å². The molecule has 0 saturated carbocycles. The number of hydrogen-bond donors (Lipinski definition) is 2. The lowest BCUT2D eigenvalue weighted by molar-refractivity contribution is -0.153. The molecule has 37 heavy (non-hydrogen) atoms. The third-order valence-corrected chi connectivity index (χ3v) is 9.90. The molecule has 1 aromatic heterocycles. The van der Waals surface area contributed by atoms with E-state index in [4.69, 9.17) is 14.7 Å². The lowest BCUT2D eigenvalue weighted by Gasteiger charge is -2.43. The molecule has 200 valence electrons. The maximum atomic E-state index is 13.0. The van der Waals surface area contributed by atoms with E-state index in [0.717, 1.165) is 12.1 Å². The van der Waals surface area contributed by atoms with Gasteiger partial charge in [-0.25, -0.2) is 23.2 Å². The molecule has 9 nitrogen and oxygen atoms in total. The zero-order valence-electron chi connectivity index (χ0n) is 19.5. The molecule has 0 radical (unpaired) electrons. The Hall–Kier alpha value is -2.43. The molecular weight excluding hydrogens is 555 g/mol. The van der Waals surface area contributed by atoms with E-state index in [2.05, 4.69) is 4.98 Å². The van der Waals surface area contributed by atoms with Gasteiger partial charge in [0.25, 0.3) is 5.91 Å². The highest BCUT2D eigenvalue weighted by molar-refractivity contribution is 8.71. The van der Waals surface area contributed by atoms with E-state index in [-0.39, 0.29) is 30.2 Å². The zero-order chi connectivity index (χ0) is 27.0. The topological polar surface area (TPSA) is 118 Å². The van der Waals surface area contributed by atoms with Crippen molar-refractivity contribution in [1.82, 2.24) is 14.8 Å². The van der Waals surface area contributed by atoms with E-state index in [1.165, 1.54) is 46.0 Å². The third kappa shape index (κ3) is 6.18. The highest BCUT2D eigenvalue weighted by atomic mass is 33.1. The van der Waals surface area contributed by atoms with Gasteiger partial charge in [0.2, 0.25) is 8.87 Å². The minimum Gasteiger partial charge on any atom is -0.486 e. The maximum absolute atomic E-state index is 13.0. The first-order chi connectivity index (χ1) is 17.3. The summed E-state index contributed by atoms with van der Waals surface area (Å²) in [6, 6.07) is 7.87. The van der Waals surface area contributed by atoms with Gasteiger partial charge in [0.05, 0.1) is 43.9 Å². The number of alkyl halides is 3. The SMILES string of the molecule is CC1(C)OCCN(SS(=O)(=O)c2ccc(OCc3nc4cc(C(F)(F)F)ccc4s3)cc2)[C@@H]1C(=O)NO. The first kappa shape index (κ1) is 27.6. The molecule has 4 rings (SSSR count). The second-order valence-corrected chi connectivity index (χ2v) is 13.4. The number of nitrogens with zero attached hydrogens (tertiary/aromatic N) is 2. The van der Waals surface area contributed by atoms with Gasteiger partial charge < -0.3 is 9.47 Å². The summed E-state index contributed by atoms with van der Waals surface area (Å²) < 4.78 is 77.9. The fourth-order valence-corrected chi connectivity index (χ4v) is 7.85. The first-order valence-corrected chi connectivity index (χ1v) is 14.4. The van der Waals surface area contributed by atoms with Crippen LogP contribution in [0.3, 0.4) is 0 Å². The molecule has 0 spiro atoms. The van der Waals surface area contributed by atoms with Crippen LogP contribution in [0.5, 0.6) is 5.75 Å². The largest absolute Gasteiger partial charge is 0.486 e. The summed E-state index contributed by atoms with van der Waals surface area (Å²) >= 11 is 1.20. The summed E-state index contributed by atoms with van der Waals surface area (Å²) in [4.78, 5) is 16.4. The fraction of sp³-hybridized carbons (Fsp3) is 0.364. The predicted octanol–water partition coefficient (Wildman–Crippen LogP) is 4.22. The number of nitrogens with one attached hydrogen (secondary N) is 1. The number of hydroxylamine groups is 1. The number of hydrogen-bond acceptors (Lipinski definition) is 10. The molecule has 15 heteroatoms. The van der Waals surface area contributed by atoms with Crippen LogP contribution in [0, 0.1) is 0 Å². The first-order valence-electron chi connectivity index (χ1n) is 10.8. The number of rotatable bonds is 7. The Morgan fingerprint density at radius 1 is 1.30 bits per heavy atom. The minimum atomic E-state index is -4.46. The second kappa shape index (κ2) is 10.4. The van der Waals surface area contributed by atoms with E-state index in [1.807, 2.05) is 0 Å². The fourth-order valence-electron chi connectivity index (χ4n) is 3.77. The molecule has 1 fully saturated rings. The van der Waals surface area contributed by atoms with Crippen molar-refractivity contribution in [3.63, 3.8) is 0 Å². The molecule has 1 aliphatic heterocycles. The Bertz CT molecular complexity index is 1390. The molecular formula is C22H22F3N3O6S3. The van der Waals surface area contributed by atoms with Gasteiger partial charge in [-0.15, -0.1) is 11.3 Å². The van der Waals surface area contributed by atoms with E-state index >= 15 is 0 Å². The van der Waals surface area contributed by atoms with Crippen molar-refractivity contribution in [2.24, 2.45) is 0 Å². The Morgan fingerprint density at radius 2 is 2.00 bits per heavy atom. The normalized spacial score (nSPS) is 18.6. The van der Waals surface area contributed by atoms with E-state index in [0.29, 0.717) is 26.4 Å². The summed E-state index contributed by atoms with van der Waals surface area (Å²) in [5, 5.41) is 9.56. The van der Waals surface area contributed by atoms with Gasteiger partial charge in [0, 0.05) is 6.54 Å². The van der Waals surface area contributed by atoms with Crippen LogP contribution in [0.25, 0.3) is 10.2 Å². The van der Waals surface area contributed by atoms with Crippen molar-refractivity contribution in [3.8, 4) is 5.75 Å².